The Hall–Kier alpha value is -1.85. The van der Waals surface area contributed by atoms with Crippen LogP contribution in [0.2, 0.25) is 0 Å². The topological polar surface area (TPSA) is 83.8 Å². The van der Waals surface area contributed by atoms with E-state index >= 15 is 0 Å². The molecule has 1 atom stereocenters. The quantitative estimate of drug-likeness (QED) is 0.558. The number of aromatic nitrogens is 1. The van der Waals surface area contributed by atoms with Crippen LogP contribution in [-0.4, -0.2) is 38.3 Å². The number of hydrogen-bond acceptors (Lipinski definition) is 6. The molecule has 1 saturated heterocycles. The molecule has 0 bridgehead atoms. The summed E-state index contributed by atoms with van der Waals surface area (Å²) in [6.45, 7) is 1.56. The minimum absolute atomic E-state index is 0.0144. The van der Waals surface area contributed by atoms with Gasteiger partial charge in [-0.25, -0.2) is 0 Å². The highest BCUT2D eigenvalue weighted by molar-refractivity contribution is 7.87. The van der Waals surface area contributed by atoms with Crippen LogP contribution in [0.25, 0.3) is 0 Å². The lowest BCUT2D eigenvalue weighted by molar-refractivity contribution is -0.0530. The van der Waals surface area contributed by atoms with Crippen molar-refractivity contribution in [2.75, 3.05) is 19.8 Å². The van der Waals surface area contributed by atoms with E-state index in [2.05, 4.69) is 4.18 Å². The molecule has 2 aliphatic rings. The van der Waals surface area contributed by atoms with Gasteiger partial charge in [-0.1, -0.05) is 0 Å². The summed E-state index contributed by atoms with van der Waals surface area (Å²) in [7, 11) is -5.72. The normalized spacial score (nSPS) is 21.8. The molecule has 11 heteroatoms. The standard InChI is InChI=1S/C15H16F3NO6S/c16-15(17,18)26(21,22)25-12-3-4-24-13(5-12)11-1-2-14(20)19(7-11)6-10-8-23-9-10/h1-2,5,7,10,13H,3-4,6,8-9H2. The molecule has 0 N–H and O–H groups in total. The van der Waals surface area contributed by atoms with Gasteiger partial charge in [0.25, 0.3) is 5.56 Å². The van der Waals surface area contributed by atoms with Gasteiger partial charge in [-0.3, -0.25) is 4.79 Å². The van der Waals surface area contributed by atoms with Crippen molar-refractivity contribution < 1.29 is 35.2 Å². The summed E-state index contributed by atoms with van der Waals surface area (Å²) in [5.41, 5.74) is -5.22. The Morgan fingerprint density at radius 2 is 2.00 bits per heavy atom. The van der Waals surface area contributed by atoms with E-state index in [9.17, 15) is 26.4 Å². The monoisotopic (exact) mass is 395 g/mol. The highest BCUT2D eigenvalue weighted by atomic mass is 32.2. The van der Waals surface area contributed by atoms with E-state index in [0.717, 1.165) is 0 Å². The largest absolute Gasteiger partial charge is 0.534 e. The van der Waals surface area contributed by atoms with Gasteiger partial charge in [-0.2, -0.15) is 21.6 Å². The van der Waals surface area contributed by atoms with E-state index in [1.807, 2.05) is 0 Å². The van der Waals surface area contributed by atoms with Crippen molar-refractivity contribution in [1.29, 1.82) is 0 Å². The molecule has 1 aromatic heterocycles. The van der Waals surface area contributed by atoms with Crippen molar-refractivity contribution in [3.8, 4) is 0 Å². The third-order valence-corrected chi connectivity index (χ3v) is 4.98. The molecule has 0 amide bonds. The molecular formula is C15H16F3NO6S. The lowest BCUT2D eigenvalue weighted by Crippen LogP contribution is -2.35. The number of hydrogen-bond donors (Lipinski definition) is 0. The fraction of sp³-hybridized carbons (Fsp3) is 0.533. The van der Waals surface area contributed by atoms with Gasteiger partial charge < -0.3 is 18.2 Å². The fourth-order valence-electron chi connectivity index (χ4n) is 2.57. The molecule has 0 aromatic carbocycles. The highest BCUT2D eigenvalue weighted by Gasteiger charge is 2.49. The molecule has 3 rings (SSSR count). The van der Waals surface area contributed by atoms with Crippen molar-refractivity contribution in [3.63, 3.8) is 0 Å². The number of halogens is 3. The predicted octanol–water partition coefficient (Wildman–Crippen LogP) is 1.71. The van der Waals surface area contributed by atoms with E-state index in [-0.39, 0.29) is 30.3 Å². The van der Waals surface area contributed by atoms with Crippen LogP contribution in [0, 0.1) is 5.92 Å². The molecule has 2 aliphatic heterocycles. The van der Waals surface area contributed by atoms with Crippen LogP contribution < -0.4 is 5.56 Å². The van der Waals surface area contributed by atoms with Gasteiger partial charge in [0.2, 0.25) is 0 Å². The summed E-state index contributed by atoms with van der Waals surface area (Å²) in [5, 5.41) is 0. The SMILES string of the molecule is O=c1ccc(C2C=C(OS(=O)(=O)C(F)(F)F)CCO2)cn1CC1COC1. The highest BCUT2D eigenvalue weighted by Crippen LogP contribution is 2.31. The van der Waals surface area contributed by atoms with Gasteiger partial charge >= 0.3 is 15.6 Å². The molecule has 144 valence electrons. The van der Waals surface area contributed by atoms with E-state index < -0.39 is 21.7 Å². The molecule has 7 nitrogen and oxygen atoms in total. The lowest BCUT2D eigenvalue weighted by Gasteiger charge is -2.27. The third-order valence-electron chi connectivity index (χ3n) is 3.98. The van der Waals surface area contributed by atoms with Crippen LogP contribution >= 0.6 is 0 Å². The van der Waals surface area contributed by atoms with Crippen LogP contribution in [-0.2, 0) is 30.3 Å². The Bertz CT molecular complexity index is 857. The van der Waals surface area contributed by atoms with E-state index in [0.29, 0.717) is 25.3 Å². The van der Waals surface area contributed by atoms with E-state index in [1.165, 1.54) is 22.8 Å². The van der Waals surface area contributed by atoms with E-state index in [4.69, 9.17) is 9.47 Å². The van der Waals surface area contributed by atoms with E-state index in [1.54, 1.807) is 6.20 Å². The van der Waals surface area contributed by atoms with Crippen molar-refractivity contribution in [3.05, 3.63) is 46.1 Å². The summed E-state index contributed by atoms with van der Waals surface area (Å²) in [5.74, 6) is -0.120. The van der Waals surface area contributed by atoms with Gasteiger partial charge in [0, 0.05) is 36.7 Å². The number of rotatable bonds is 5. The average Bonchev–Trinajstić information content (AvgIpc) is 2.51. The number of ether oxygens (including phenoxy) is 2. The predicted molar refractivity (Wildman–Crippen MR) is 82.5 cm³/mol. The Kier molecular flexibility index (Phi) is 5.13. The molecule has 0 spiro atoms. The lowest BCUT2D eigenvalue weighted by atomic mass is 10.1. The zero-order valence-electron chi connectivity index (χ0n) is 13.4. The molecule has 1 aromatic rings. The smallest absolute Gasteiger partial charge is 0.381 e. The second-order valence-electron chi connectivity index (χ2n) is 6.01. The van der Waals surface area contributed by atoms with Crippen molar-refractivity contribution in [1.82, 2.24) is 4.57 Å². The van der Waals surface area contributed by atoms with Crippen LogP contribution in [0.15, 0.2) is 35.0 Å². The Morgan fingerprint density at radius 3 is 2.62 bits per heavy atom. The molecular weight excluding hydrogens is 379 g/mol. The molecule has 1 unspecified atom stereocenters. The maximum atomic E-state index is 12.4. The first-order chi connectivity index (χ1) is 12.2. The Balaban J connectivity index is 1.80. The van der Waals surface area contributed by atoms with Gasteiger partial charge in [-0.15, -0.1) is 0 Å². The zero-order chi connectivity index (χ0) is 18.9. The van der Waals surface area contributed by atoms with Crippen LogP contribution in [0.4, 0.5) is 13.2 Å². The van der Waals surface area contributed by atoms with Crippen LogP contribution in [0.5, 0.6) is 0 Å². The summed E-state index contributed by atoms with van der Waals surface area (Å²) in [6.07, 6.45) is 1.80. The van der Waals surface area contributed by atoms with Crippen LogP contribution in [0.1, 0.15) is 18.1 Å². The first-order valence-electron chi connectivity index (χ1n) is 7.77. The number of pyridine rings is 1. The molecule has 0 radical (unpaired) electrons. The number of nitrogens with zero attached hydrogens (tertiary/aromatic N) is 1. The minimum atomic E-state index is -5.72. The maximum absolute atomic E-state index is 12.4. The first kappa shape index (κ1) is 18.9. The van der Waals surface area contributed by atoms with Gasteiger partial charge in [-0.05, 0) is 12.1 Å². The van der Waals surface area contributed by atoms with Crippen molar-refractivity contribution >= 4 is 10.1 Å². The molecule has 0 saturated carbocycles. The average molecular weight is 395 g/mol. The Morgan fingerprint density at radius 1 is 1.27 bits per heavy atom. The summed E-state index contributed by atoms with van der Waals surface area (Å²) in [6, 6.07) is 2.81. The minimum Gasteiger partial charge on any atom is -0.381 e. The molecule has 1 fully saturated rings. The second-order valence-corrected chi connectivity index (χ2v) is 7.55. The van der Waals surface area contributed by atoms with Gasteiger partial charge in [0.15, 0.2) is 0 Å². The zero-order valence-corrected chi connectivity index (χ0v) is 14.3. The Labute approximate surface area is 147 Å². The summed E-state index contributed by atoms with van der Waals surface area (Å²) >= 11 is 0. The summed E-state index contributed by atoms with van der Waals surface area (Å²) < 4.78 is 75.8. The molecule has 26 heavy (non-hydrogen) atoms. The maximum Gasteiger partial charge on any atom is 0.534 e. The third kappa shape index (κ3) is 4.10. The molecule has 3 heterocycles. The van der Waals surface area contributed by atoms with Crippen LogP contribution in [0.3, 0.4) is 0 Å². The van der Waals surface area contributed by atoms with Gasteiger partial charge in [0.05, 0.1) is 19.8 Å². The molecule has 0 aliphatic carbocycles. The van der Waals surface area contributed by atoms with Gasteiger partial charge in [0.1, 0.15) is 11.9 Å². The van der Waals surface area contributed by atoms with Crippen molar-refractivity contribution in [2.24, 2.45) is 5.92 Å². The summed E-state index contributed by atoms with van der Waals surface area (Å²) in [4.78, 5) is 11.9. The first-order valence-corrected chi connectivity index (χ1v) is 9.18. The second kappa shape index (κ2) is 7.05. The van der Waals surface area contributed by atoms with Crippen molar-refractivity contribution in [2.45, 2.75) is 24.6 Å². The fourth-order valence-corrected chi connectivity index (χ4v) is 3.08. The number of alkyl halides is 3.